The molecule has 0 bridgehead atoms. The third-order valence-electron chi connectivity index (χ3n) is 6.16. The SMILES string of the molecule is O=C1C2=C(c3ccccc31)C(CCCCNCC1=C=CC=C1)C(=O)c1ccccc12. The van der Waals surface area contributed by atoms with Crippen molar-refractivity contribution in [1.82, 2.24) is 5.32 Å². The molecule has 5 rings (SSSR count). The summed E-state index contributed by atoms with van der Waals surface area (Å²) in [5.41, 5.74) is 9.19. The first-order chi connectivity index (χ1) is 14.8. The molecule has 3 aliphatic rings. The third kappa shape index (κ3) is 3.13. The van der Waals surface area contributed by atoms with Crippen molar-refractivity contribution >= 4 is 22.7 Å². The van der Waals surface area contributed by atoms with Crippen molar-refractivity contribution in [3.63, 3.8) is 0 Å². The number of carbonyl (C=O) groups is 2. The fourth-order valence-corrected chi connectivity index (χ4v) is 4.75. The van der Waals surface area contributed by atoms with Gasteiger partial charge in [0.05, 0.1) is 0 Å². The Bertz CT molecular complexity index is 1170. The predicted molar refractivity (Wildman–Crippen MR) is 119 cm³/mol. The van der Waals surface area contributed by atoms with Crippen molar-refractivity contribution < 1.29 is 9.59 Å². The minimum absolute atomic E-state index is 0.0539. The summed E-state index contributed by atoms with van der Waals surface area (Å²) in [4.78, 5) is 26.6. The third-order valence-corrected chi connectivity index (χ3v) is 6.16. The van der Waals surface area contributed by atoms with E-state index < -0.39 is 0 Å². The number of fused-ring (bicyclic) bond motifs is 4. The van der Waals surface area contributed by atoms with Gasteiger partial charge in [0.2, 0.25) is 0 Å². The molecule has 2 aromatic carbocycles. The summed E-state index contributed by atoms with van der Waals surface area (Å²) in [6, 6.07) is 15.3. The van der Waals surface area contributed by atoms with Crippen molar-refractivity contribution in [3.8, 4) is 0 Å². The van der Waals surface area contributed by atoms with Gasteiger partial charge in [-0.05, 0) is 48.2 Å². The van der Waals surface area contributed by atoms with Crippen molar-refractivity contribution in [2.45, 2.75) is 19.3 Å². The number of rotatable bonds is 7. The summed E-state index contributed by atoms with van der Waals surface area (Å²) in [6.45, 7) is 1.72. The van der Waals surface area contributed by atoms with Gasteiger partial charge in [0.1, 0.15) is 0 Å². The normalized spacial score (nSPS) is 18.5. The number of benzene rings is 2. The van der Waals surface area contributed by atoms with Crippen molar-refractivity contribution in [1.29, 1.82) is 0 Å². The molecule has 0 fully saturated rings. The van der Waals surface area contributed by atoms with Crippen molar-refractivity contribution in [3.05, 3.63) is 100 Å². The van der Waals surface area contributed by atoms with E-state index >= 15 is 0 Å². The molecule has 1 atom stereocenters. The van der Waals surface area contributed by atoms with Crippen molar-refractivity contribution in [2.24, 2.45) is 5.92 Å². The molecule has 3 aliphatic carbocycles. The fraction of sp³-hybridized carbons (Fsp3) is 0.222. The van der Waals surface area contributed by atoms with Crippen LogP contribution >= 0.6 is 0 Å². The number of Topliss-reactive ketones (excluding diaryl/α,β-unsaturated/α-hetero) is 2. The lowest BCUT2D eigenvalue weighted by Gasteiger charge is -2.26. The number of hydrogen-bond donors (Lipinski definition) is 1. The van der Waals surface area contributed by atoms with Crippen LogP contribution in [0.25, 0.3) is 11.1 Å². The molecule has 0 heterocycles. The van der Waals surface area contributed by atoms with Crippen LogP contribution in [-0.2, 0) is 0 Å². The molecule has 1 N–H and O–H groups in total. The highest BCUT2D eigenvalue weighted by Crippen LogP contribution is 2.48. The molecular formula is C27H23NO2. The molecule has 0 spiro atoms. The highest BCUT2D eigenvalue weighted by molar-refractivity contribution is 6.43. The average molecular weight is 393 g/mol. The lowest BCUT2D eigenvalue weighted by molar-refractivity contribution is 0.0942. The molecule has 30 heavy (non-hydrogen) atoms. The molecule has 0 saturated heterocycles. The molecule has 1 unspecified atom stereocenters. The van der Waals surface area contributed by atoms with E-state index in [1.165, 1.54) is 5.57 Å². The van der Waals surface area contributed by atoms with Gasteiger partial charge in [-0.15, -0.1) is 5.73 Å². The predicted octanol–water partition coefficient (Wildman–Crippen LogP) is 5.02. The molecule has 148 valence electrons. The zero-order valence-corrected chi connectivity index (χ0v) is 16.8. The Kier molecular flexibility index (Phi) is 4.92. The van der Waals surface area contributed by atoms with Crippen LogP contribution in [-0.4, -0.2) is 24.7 Å². The van der Waals surface area contributed by atoms with Gasteiger partial charge in [0.25, 0.3) is 0 Å². The maximum atomic E-state index is 13.4. The molecule has 0 aliphatic heterocycles. The number of allylic oxidation sites excluding steroid dienone is 3. The van der Waals surface area contributed by atoms with Crippen LogP contribution in [0.1, 0.15) is 51.1 Å². The fourth-order valence-electron chi connectivity index (χ4n) is 4.75. The number of unbranched alkanes of at least 4 members (excludes halogenated alkanes) is 1. The Morgan fingerprint density at radius 2 is 1.60 bits per heavy atom. The highest BCUT2D eigenvalue weighted by atomic mass is 16.1. The first-order valence-electron chi connectivity index (χ1n) is 10.6. The Balaban J connectivity index is 1.35. The van der Waals surface area contributed by atoms with E-state index in [2.05, 4.69) is 17.1 Å². The van der Waals surface area contributed by atoms with Gasteiger partial charge in [-0.25, -0.2) is 0 Å². The summed E-state index contributed by atoms with van der Waals surface area (Å²) in [7, 11) is 0. The first-order valence-corrected chi connectivity index (χ1v) is 10.6. The molecule has 0 aromatic heterocycles. The zero-order valence-electron chi connectivity index (χ0n) is 16.8. The van der Waals surface area contributed by atoms with Crippen LogP contribution in [0.3, 0.4) is 0 Å². The molecule has 0 saturated carbocycles. The van der Waals surface area contributed by atoms with Crippen molar-refractivity contribution in [2.75, 3.05) is 13.1 Å². The van der Waals surface area contributed by atoms with E-state index in [9.17, 15) is 9.59 Å². The van der Waals surface area contributed by atoms with E-state index in [1.807, 2.05) is 60.7 Å². The van der Waals surface area contributed by atoms with Gasteiger partial charge >= 0.3 is 0 Å². The van der Waals surface area contributed by atoms with Crippen LogP contribution in [0.5, 0.6) is 0 Å². The largest absolute Gasteiger partial charge is 0.312 e. The number of nitrogens with one attached hydrogen (secondary N) is 1. The van der Waals surface area contributed by atoms with Crippen LogP contribution < -0.4 is 5.32 Å². The average Bonchev–Trinajstić information content (AvgIpc) is 3.40. The lowest BCUT2D eigenvalue weighted by Crippen LogP contribution is -2.23. The summed E-state index contributed by atoms with van der Waals surface area (Å²) in [5, 5.41) is 3.44. The Morgan fingerprint density at radius 1 is 0.867 bits per heavy atom. The zero-order chi connectivity index (χ0) is 20.5. The standard InChI is InChI=1S/C27H23NO2/c29-26-21-13-5-4-12-20(21)25-24(19-11-3-6-14-22(19)27(25)30)23(26)15-7-8-16-28-17-18-9-1-2-10-18/h1-6,9,11-14,23,28H,7-8,15-17H2. The van der Waals surface area contributed by atoms with Crippen LogP contribution in [0.4, 0.5) is 0 Å². The van der Waals surface area contributed by atoms with Crippen LogP contribution in [0.2, 0.25) is 0 Å². The van der Waals surface area contributed by atoms with E-state index in [-0.39, 0.29) is 17.5 Å². The summed E-state index contributed by atoms with van der Waals surface area (Å²) < 4.78 is 0. The molecule has 2 aromatic rings. The molecule has 0 radical (unpaired) electrons. The Hall–Kier alpha value is -3.26. The topological polar surface area (TPSA) is 46.2 Å². The second-order valence-corrected chi connectivity index (χ2v) is 7.99. The van der Waals surface area contributed by atoms with Crippen LogP contribution in [0, 0.1) is 5.92 Å². The summed E-state index contributed by atoms with van der Waals surface area (Å²) in [5.74, 6) is -0.0442. The summed E-state index contributed by atoms with van der Waals surface area (Å²) in [6.07, 6.45) is 8.67. The second kappa shape index (κ2) is 7.87. The van der Waals surface area contributed by atoms with E-state index in [0.717, 1.165) is 60.2 Å². The number of carbonyl (C=O) groups excluding carboxylic acids is 2. The molecule has 3 heteroatoms. The summed E-state index contributed by atoms with van der Waals surface area (Å²) >= 11 is 0. The highest BCUT2D eigenvalue weighted by Gasteiger charge is 2.41. The second-order valence-electron chi connectivity index (χ2n) is 7.99. The quantitative estimate of drug-likeness (QED) is 0.531. The van der Waals surface area contributed by atoms with Gasteiger partial charge < -0.3 is 5.32 Å². The van der Waals surface area contributed by atoms with E-state index in [0.29, 0.717) is 5.56 Å². The Labute approximate surface area is 176 Å². The molecular weight excluding hydrogens is 370 g/mol. The van der Waals surface area contributed by atoms with Gasteiger partial charge in [-0.3, -0.25) is 9.59 Å². The maximum absolute atomic E-state index is 13.4. The maximum Gasteiger partial charge on any atom is 0.194 e. The Morgan fingerprint density at radius 3 is 2.37 bits per heavy atom. The minimum atomic E-state index is -0.245. The van der Waals surface area contributed by atoms with E-state index in [4.69, 9.17) is 0 Å². The smallest absolute Gasteiger partial charge is 0.194 e. The monoisotopic (exact) mass is 393 g/mol. The van der Waals surface area contributed by atoms with Gasteiger partial charge in [0.15, 0.2) is 11.6 Å². The van der Waals surface area contributed by atoms with Crippen LogP contribution in [0.15, 0.2) is 78.1 Å². The number of ketones is 2. The first kappa shape index (κ1) is 18.7. The molecule has 3 nitrogen and oxygen atoms in total. The minimum Gasteiger partial charge on any atom is -0.312 e. The van der Waals surface area contributed by atoms with Gasteiger partial charge in [-0.2, -0.15) is 0 Å². The van der Waals surface area contributed by atoms with Gasteiger partial charge in [0, 0.05) is 34.7 Å². The van der Waals surface area contributed by atoms with E-state index in [1.54, 1.807) is 0 Å². The molecule has 0 amide bonds. The lowest BCUT2D eigenvalue weighted by atomic mass is 9.75. The number of hydrogen-bond acceptors (Lipinski definition) is 3. The van der Waals surface area contributed by atoms with Gasteiger partial charge in [-0.1, -0.05) is 61.0 Å².